The molecule has 0 aliphatic heterocycles. The first-order valence-corrected chi connectivity index (χ1v) is 9.55. The van der Waals surface area contributed by atoms with E-state index in [1.165, 1.54) is 5.56 Å². The standard InChI is InChI=1S/C17H15N5OS2/c1-11-3-6-14(7-4-11)22-17(19-20-21-22)25-10-13-9-24-16(18-13)15-8-5-12(2)23-15/h3-9H,10H2,1-2H3. The highest BCUT2D eigenvalue weighted by Gasteiger charge is 2.12. The molecule has 3 heterocycles. The molecule has 25 heavy (non-hydrogen) atoms. The van der Waals surface area contributed by atoms with E-state index in [0.717, 1.165) is 33.1 Å². The fourth-order valence-electron chi connectivity index (χ4n) is 2.29. The van der Waals surface area contributed by atoms with Gasteiger partial charge in [-0.3, -0.25) is 0 Å². The predicted molar refractivity (Wildman–Crippen MR) is 98.0 cm³/mol. The highest BCUT2D eigenvalue weighted by atomic mass is 32.2. The molecular weight excluding hydrogens is 354 g/mol. The number of benzene rings is 1. The van der Waals surface area contributed by atoms with Crippen LogP contribution in [-0.4, -0.2) is 25.2 Å². The normalized spacial score (nSPS) is 11.1. The Morgan fingerprint density at radius 2 is 1.96 bits per heavy atom. The van der Waals surface area contributed by atoms with Gasteiger partial charge in [-0.1, -0.05) is 29.5 Å². The van der Waals surface area contributed by atoms with Crippen LogP contribution in [0.5, 0.6) is 0 Å². The third kappa shape index (κ3) is 3.49. The fraction of sp³-hybridized carbons (Fsp3) is 0.176. The molecule has 0 radical (unpaired) electrons. The van der Waals surface area contributed by atoms with Crippen molar-refractivity contribution in [2.75, 3.05) is 0 Å². The fourth-order valence-corrected chi connectivity index (χ4v) is 3.96. The van der Waals surface area contributed by atoms with Crippen molar-refractivity contribution >= 4 is 23.1 Å². The summed E-state index contributed by atoms with van der Waals surface area (Å²) in [4.78, 5) is 4.63. The van der Waals surface area contributed by atoms with Crippen LogP contribution in [0.25, 0.3) is 16.5 Å². The molecule has 1 aromatic carbocycles. The van der Waals surface area contributed by atoms with Crippen molar-refractivity contribution in [1.82, 2.24) is 25.2 Å². The minimum atomic E-state index is 0.697. The Hall–Kier alpha value is -2.45. The SMILES string of the molecule is Cc1ccc(-n2nnnc2SCc2csc(-c3ccc(C)o3)n2)cc1. The molecule has 3 aromatic heterocycles. The summed E-state index contributed by atoms with van der Waals surface area (Å²) in [5.74, 6) is 2.39. The van der Waals surface area contributed by atoms with Crippen molar-refractivity contribution in [2.45, 2.75) is 24.8 Å². The Morgan fingerprint density at radius 3 is 2.72 bits per heavy atom. The number of aryl methyl sites for hydroxylation is 2. The molecule has 0 amide bonds. The summed E-state index contributed by atoms with van der Waals surface area (Å²) in [5.41, 5.74) is 3.13. The zero-order chi connectivity index (χ0) is 17.2. The minimum absolute atomic E-state index is 0.697. The van der Waals surface area contributed by atoms with Crippen LogP contribution in [0.4, 0.5) is 0 Å². The lowest BCUT2D eigenvalue weighted by Gasteiger charge is -2.03. The summed E-state index contributed by atoms with van der Waals surface area (Å²) < 4.78 is 7.37. The Kier molecular flexibility index (Phi) is 4.37. The molecule has 0 spiro atoms. The molecule has 0 saturated heterocycles. The van der Waals surface area contributed by atoms with Gasteiger partial charge in [-0.05, 0) is 48.5 Å². The minimum Gasteiger partial charge on any atom is -0.459 e. The van der Waals surface area contributed by atoms with E-state index in [0.29, 0.717) is 5.75 Å². The predicted octanol–water partition coefficient (Wildman–Crippen LogP) is 4.29. The summed E-state index contributed by atoms with van der Waals surface area (Å²) in [6, 6.07) is 12.0. The van der Waals surface area contributed by atoms with E-state index in [9.17, 15) is 0 Å². The summed E-state index contributed by atoms with van der Waals surface area (Å²) in [5, 5.41) is 15.7. The van der Waals surface area contributed by atoms with Crippen LogP contribution in [0, 0.1) is 13.8 Å². The van der Waals surface area contributed by atoms with E-state index >= 15 is 0 Å². The van der Waals surface area contributed by atoms with E-state index in [1.54, 1.807) is 27.8 Å². The number of aromatic nitrogens is 5. The molecule has 8 heteroatoms. The van der Waals surface area contributed by atoms with Crippen molar-refractivity contribution in [2.24, 2.45) is 0 Å². The second-order valence-electron chi connectivity index (χ2n) is 5.55. The Bertz CT molecular complexity index is 987. The maximum atomic E-state index is 5.62. The topological polar surface area (TPSA) is 69.6 Å². The number of furan rings is 1. The van der Waals surface area contributed by atoms with Gasteiger partial charge < -0.3 is 4.42 Å². The molecule has 0 atom stereocenters. The largest absolute Gasteiger partial charge is 0.459 e. The van der Waals surface area contributed by atoms with Gasteiger partial charge in [0.2, 0.25) is 5.16 Å². The van der Waals surface area contributed by atoms with Crippen LogP contribution in [-0.2, 0) is 5.75 Å². The lowest BCUT2D eigenvalue weighted by atomic mass is 10.2. The number of thiazole rings is 1. The Morgan fingerprint density at radius 1 is 1.12 bits per heavy atom. The van der Waals surface area contributed by atoms with Gasteiger partial charge in [-0.15, -0.1) is 16.4 Å². The zero-order valence-electron chi connectivity index (χ0n) is 13.7. The van der Waals surface area contributed by atoms with E-state index < -0.39 is 0 Å². The van der Waals surface area contributed by atoms with Gasteiger partial charge >= 0.3 is 0 Å². The molecule has 0 aliphatic carbocycles. The molecule has 0 saturated carbocycles. The van der Waals surface area contributed by atoms with Gasteiger partial charge in [-0.25, -0.2) is 4.98 Å². The first-order chi connectivity index (χ1) is 12.2. The second-order valence-corrected chi connectivity index (χ2v) is 7.35. The van der Waals surface area contributed by atoms with Crippen LogP contribution in [0.1, 0.15) is 17.0 Å². The molecule has 4 rings (SSSR count). The third-order valence-electron chi connectivity index (χ3n) is 3.57. The van der Waals surface area contributed by atoms with Gasteiger partial charge in [-0.2, -0.15) is 4.68 Å². The molecule has 0 aliphatic rings. The highest BCUT2D eigenvalue weighted by Crippen LogP contribution is 2.28. The number of tetrazole rings is 1. The van der Waals surface area contributed by atoms with Crippen molar-refractivity contribution in [3.8, 4) is 16.5 Å². The molecule has 0 bridgehead atoms. The molecule has 4 aromatic rings. The van der Waals surface area contributed by atoms with Crippen LogP contribution < -0.4 is 0 Å². The third-order valence-corrected chi connectivity index (χ3v) is 5.43. The maximum absolute atomic E-state index is 5.62. The van der Waals surface area contributed by atoms with E-state index in [4.69, 9.17) is 4.42 Å². The van der Waals surface area contributed by atoms with Crippen LogP contribution >= 0.6 is 23.1 Å². The summed E-state index contributed by atoms with van der Waals surface area (Å²) >= 11 is 3.14. The molecule has 126 valence electrons. The zero-order valence-corrected chi connectivity index (χ0v) is 15.3. The van der Waals surface area contributed by atoms with E-state index in [2.05, 4.69) is 27.4 Å². The van der Waals surface area contributed by atoms with Gasteiger partial charge in [0.05, 0.1) is 11.4 Å². The summed E-state index contributed by atoms with van der Waals surface area (Å²) in [6.07, 6.45) is 0. The van der Waals surface area contributed by atoms with E-state index in [1.807, 2.05) is 48.7 Å². The monoisotopic (exact) mass is 369 g/mol. The lowest BCUT2D eigenvalue weighted by molar-refractivity contribution is 0.548. The number of hydrogen-bond acceptors (Lipinski definition) is 7. The number of hydrogen-bond donors (Lipinski definition) is 0. The van der Waals surface area contributed by atoms with E-state index in [-0.39, 0.29) is 0 Å². The molecule has 0 N–H and O–H groups in total. The first-order valence-electron chi connectivity index (χ1n) is 7.68. The smallest absolute Gasteiger partial charge is 0.214 e. The molecule has 0 fully saturated rings. The molecular formula is C17H15N5OS2. The van der Waals surface area contributed by atoms with Gasteiger partial charge in [0, 0.05) is 11.1 Å². The van der Waals surface area contributed by atoms with Crippen molar-refractivity contribution < 1.29 is 4.42 Å². The lowest BCUT2D eigenvalue weighted by Crippen LogP contribution is -1.99. The van der Waals surface area contributed by atoms with Crippen molar-refractivity contribution in [3.05, 3.63) is 58.8 Å². The second kappa shape index (κ2) is 6.81. The average Bonchev–Trinajstić information content (AvgIpc) is 3.33. The first kappa shape index (κ1) is 16.0. The number of nitrogens with zero attached hydrogens (tertiary/aromatic N) is 5. The highest BCUT2D eigenvalue weighted by molar-refractivity contribution is 7.98. The van der Waals surface area contributed by atoms with Gasteiger partial charge in [0.25, 0.3) is 0 Å². The van der Waals surface area contributed by atoms with Gasteiger partial charge in [0.15, 0.2) is 10.8 Å². The maximum Gasteiger partial charge on any atom is 0.214 e. The average molecular weight is 369 g/mol. The molecule has 6 nitrogen and oxygen atoms in total. The van der Waals surface area contributed by atoms with Crippen molar-refractivity contribution in [3.63, 3.8) is 0 Å². The van der Waals surface area contributed by atoms with Gasteiger partial charge in [0.1, 0.15) is 5.76 Å². The van der Waals surface area contributed by atoms with Crippen molar-refractivity contribution in [1.29, 1.82) is 0 Å². The summed E-state index contributed by atoms with van der Waals surface area (Å²) in [7, 11) is 0. The Balaban J connectivity index is 1.48. The number of rotatable bonds is 5. The molecule has 0 unspecified atom stereocenters. The van der Waals surface area contributed by atoms with Crippen LogP contribution in [0.3, 0.4) is 0 Å². The summed E-state index contributed by atoms with van der Waals surface area (Å²) in [6.45, 7) is 3.98. The Labute approximate surface area is 152 Å². The number of thioether (sulfide) groups is 1. The van der Waals surface area contributed by atoms with Crippen LogP contribution in [0.2, 0.25) is 0 Å². The quantitative estimate of drug-likeness (QED) is 0.489. The van der Waals surface area contributed by atoms with Crippen LogP contribution in [0.15, 0.2) is 51.4 Å².